The zero-order chi connectivity index (χ0) is 23.4. The molecule has 0 aliphatic carbocycles. The summed E-state index contributed by atoms with van der Waals surface area (Å²) >= 11 is 0. The van der Waals surface area contributed by atoms with Gasteiger partial charge in [-0.1, -0.05) is 20.8 Å². The van der Waals surface area contributed by atoms with E-state index in [9.17, 15) is 14.4 Å². The molecule has 0 aliphatic heterocycles. The second-order valence-corrected chi connectivity index (χ2v) is 6.41. The first-order valence-electron chi connectivity index (χ1n) is 10.6. The molecule has 0 spiro atoms. The minimum atomic E-state index is -0.967. The van der Waals surface area contributed by atoms with E-state index in [1.807, 2.05) is 32.9 Å². The molecule has 0 bridgehead atoms. The molecule has 8 heteroatoms. The van der Waals surface area contributed by atoms with E-state index in [-0.39, 0.29) is 31.4 Å². The van der Waals surface area contributed by atoms with Crippen molar-refractivity contribution in [1.29, 1.82) is 0 Å². The van der Waals surface area contributed by atoms with Gasteiger partial charge in [0.25, 0.3) is 0 Å². The van der Waals surface area contributed by atoms with Crippen LogP contribution < -0.4 is 5.32 Å². The summed E-state index contributed by atoms with van der Waals surface area (Å²) in [6, 6.07) is 3.38. The van der Waals surface area contributed by atoms with E-state index in [0.717, 1.165) is 18.4 Å². The van der Waals surface area contributed by atoms with Crippen molar-refractivity contribution >= 4 is 17.8 Å². The largest absolute Gasteiger partial charge is 0.481 e. The molecule has 0 radical (unpaired) electrons. The van der Waals surface area contributed by atoms with E-state index in [4.69, 9.17) is 10.2 Å². The van der Waals surface area contributed by atoms with Crippen LogP contribution in [0.4, 0.5) is 0 Å². The number of carboxylic acid groups (broad SMARTS) is 1. The summed E-state index contributed by atoms with van der Waals surface area (Å²) in [5.74, 6) is -1.35. The zero-order valence-corrected chi connectivity index (χ0v) is 19.1. The molecule has 8 nitrogen and oxygen atoms in total. The van der Waals surface area contributed by atoms with Gasteiger partial charge in [-0.05, 0) is 50.8 Å². The van der Waals surface area contributed by atoms with Crippen molar-refractivity contribution in [2.45, 2.75) is 72.8 Å². The van der Waals surface area contributed by atoms with Gasteiger partial charge in [-0.2, -0.15) is 0 Å². The van der Waals surface area contributed by atoms with E-state index in [1.165, 1.54) is 4.90 Å². The monoisotopic (exact) mass is 425 g/mol. The fourth-order valence-electron chi connectivity index (χ4n) is 2.52. The molecule has 1 atom stereocenters. The number of aliphatic carboxylic acids is 1. The number of aryl methyl sites for hydroxylation is 1. The van der Waals surface area contributed by atoms with Crippen molar-refractivity contribution < 1.29 is 24.6 Å². The molecule has 1 rings (SSSR count). The summed E-state index contributed by atoms with van der Waals surface area (Å²) in [7, 11) is 0. The van der Waals surface area contributed by atoms with Crippen LogP contribution in [0, 0.1) is 0 Å². The molecule has 30 heavy (non-hydrogen) atoms. The van der Waals surface area contributed by atoms with Crippen LogP contribution in [0.25, 0.3) is 0 Å². The number of nitrogens with zero attached hydrogens (tertiary/aromatic N) is 2. The van der Waals surface area contributed by atoms with E-state index in [0.29, 0.717) is 19.4 Å². The van der Waals surface area contributed by atoms with Gasteiger partial charge in [0.2, 0.25) is 11.8 Å². The molecule has 0 aliphatic rings. The minimum absolute atomic E-state index is 0.0358. The first kappa shape index (κ1) is 29.7. The number of aromatic nitrogens is 1. The fraction of sp³-hybridized carbons (Fsp3) is 0.636. The van der Waals surface area contributed by atoms with Crippen molar-refractivity contribution in [1.82, 2.24) is 15.2 Å². The Labute approximate surface area is 180 Å². The van der Waals surface area contributed by atoms with Gasteiger partial charge in [0.1, 0.15) is 0 Å². The average Bonchev–Trinajstić information content (AvgIpc) is 2.69. The van der Waals surface area contributed by atoms with Gasteiger partial charge >= 0.3 is 5.97 Å². The molecule has 0 fully saturated rings. The summed E-state index contributed by atoms with van der Waals surface area (Å²) in [4.78, 5) is 40.5. The molecule has 0 saturated heterocycles. The van der Waals surface area contributed by atoms with Crippen LogP contribution in [0.15, 0.2) is 24.5 Å². The molecular formula is C22H39N3O5. The second-order valence-electron chi connectivity index (χ2n) is 6.41. The number of carbonyl (C=O) groups is 3. The van der Waals surface area contributed by atoms with Crippen LogP contribution >= 0.6 is 0 Å². The van der Waals surface area contributed by atoms with Crippen molar-refractivity contribution in [3.8, 4) is 0 Å². The summed E-state index contributed by atoms with van der Waals surface area (Å²) in [6.07, 6.45) is 5.94. The molecule has 1 aromatic heterocycles. The Balaban J connectivity index is 0. The lowest BCUT2D eigenvalue weighted by Crippen LogP contribution is -2.44. The predicted octanol–water partition coefficient (Wildman–Crippen LogP) is 2.65. The van der Waals surface area contributed by atoms with Crippen LogP contribution in [0.1, 0.15) is 65.9 Å². The molecule has 2 amide bonds. The molecule has 3 N–H and O–H groups in total. The number of aliphatic hydroxyl groups is 1. The predicted molar refractivity (Wildman–Crippen MR) is 118 cm³/mol. The van der Waals surface area contributed by atoms with Crippen LogP contribution in [0.2, 0.25) is 0 Å². The van der Waals surface area contributed by atoms with Gasteiger partial charge in [-0.25, -0.2) is 0 Å². The third kappa shape index (κ3) is 16.5. The highest BCUT2D eigenvalue weighted by Gasteiger charge is 2.18. The molecule has 0 aromatic carbocycles. The Kier molecular flexibility index (Phi) is 19.6. The lowest BCUT2D eigenvalue weighted by molar-refractivity contribution is -0.139. The van der Waals surface area contributed by atoms with Crippen molar-refractivity contribution in [2.24, 2.45) is 0 Å². The standard InChI is InChI=1S/C18H27N3O4.C2H6O.C2H6/c1-3-11-21(13-16(22)20-14(2)12-18(24)25)17(23)6-4-5-15-7-9-19-10-8-15;1-2-3;1-2/h7-10,14H,3-6,11-13H2,1-2H3,(H,20,22)(H,24,25);3H,2H2,1H3;1-2H3. The Morgan fingerprint density at radius 3 is 2.23 bits per heavy atom. The normalized spacial score (nSPS) is 10.5. The maximum absolute atomic E-state index is 12.4. The number of hydrogen-bond donors (Lipinski definition) is 3. The van der Waals surface area contributed by atoms with Crippen molar-refractivity contribution in [3.63, 3.8) is 0 Å². The van der Waals surface area contributed by atoms with Crippen molar-refractivity contribution in [2.75, 3.05) is 19.7 Å². The van der Waals surface area contributed by atoms with E-state index in [1.54, 1.807) is 26.2 Å². The quantitative estimate of drug-likeness (QED) is 0.501. The van der Waals surface area contributed by atoms with Gasteiger partial charge in [-0.15, -0.1) is 0 Å². The molecule has 1 unspecified atom stereocenters. The summed E-state index contributed by atoms with van der Waals surface area (Å²) in [5, 5.41) is 18.9. The number of carbonyl (C=O) groups excluding carboxylic acids is 2. The Hall–Kier alpha value is -2.48. The third-order valence-electron chi connectivity index (χ3n) is 3.67. The maximum Gasteiger partial charge on any atom is 0.305 e. The lowest BCUT2D eigenvalue weighted by atomic mass is 10.1. The second kappa shape index (κ2) is 19.8. The van der Waals surface area contributed by atoms with Gasteiger partial charge in [0, 0.05) is 38.0 Å². The van der Waals surface area contributed by atoms with Crippen LogP contribution in [-0.4, -0.2) is 63.6 Å². The Morgan fingerprint density at radius 2 is 1.73 bits per heavy atom. The number of hydrogen-bond acceptors (Lipinski definition) is 5. The number of nitrogens with one attached hydrogen (secondary N) is 1. The van der Waals surface area contributed by atoms with Crippen LogP contribution in [0.5, 0.6) is 0 Å². The van der Waals surface area contributed by atoms with E-state index >= 15 is 0 Å². The number of pyridine rings is 1. The number of amides is 2. The first-order valence-corrected chi connectivity index (χ1v) is 10.6. The fourth-order valence-corrected chi connectivity index (χ4v) is 2.52. The van der Waals surface area contributed by atoms with Gasteiger partial charge in [0.15, 0.2) is 0 Å². The van der Waals surface area contributed by atoms with Crippen LogP contribution in [0.3, 0.4) is 0 Å². The van der Waals surface area contributed by atoms with Gasteiger partial charge < -0.3 is 20.4 Å². The summed E-state index contributed by atoms with van der Waals surface area (Å²) in [5.41, 5.74) is 1.13. The third-order valence-corrected chi connectivity index (χ3v) is 3.67. The maximum atomic E-state index is 12.4. The summed E-state index contributed by atoms with van der Waals surface area (Å²) < 4.78 is 0. The Bertz CT molecular complexity index is 581. The zero-order valence-electron chi connectivity index (χ0n) is 19.1. The SMILES string of the molecule is CC.CCCN(CC(=O)NC(C)CC(=O)O)C(=O)CCCc1ccncc1.CCO. The Morgan fingerprint density at radius 1 is 1.17 bits per heavy atom. The van der Waals surface area contributed by atoms with E-state index in [2.05, 4.69) is 10.3 Å². The molecule has 1 heterocycles. The topological polar surface area (TPSA) is 120 Å². The molecular weight excluding hydrogens is 386 g/mol. The summed E-state index contributed by atoms with van der Waals surface area (Å²) in [6.45, 7) is 9.98. The molecule has 0 saturated carbocycles. The van der Waals surface area contributed by atoms with E-state index < -0.39 is 12.0 Å². The average molecular weight is 426 g/mol. The number of carboxylic acids is 1. The first-order chi connectivity index (χ1) is 14.3. The molecule has 172 valence electrons. The van der Waals surface area contributed by atoms with Gasteiger partial charge in [-0.3, -0.25) is 19.4 Å². The lowest BCUT2D eigenvalue weighted by Gasteiger charge is -2.22. The van der Waals surface area contributed by atoms with Crippen LogP contribution in [-0.2, 0) is 20.8 Å². The smallest absolute Gasteiger partial charge is 0.305 e. The number of rotatable bonds is 11. The highest BCUT2D eigenvalue weighted by Crippen LogP contribution is 2.06. The highest BCUT2D eigenvalue weighted by atomic mass is 16.4. The number of aliphatic hydroxyl groups excluding tert-OH is 1. The highest BCUT2D eigenvalue weighted by molar-refractivity contribution is 5.85. The molecule has 1 aromatic rings. The minimum Gasteiger partial charge on any atom is -0.481 e. The van der Waals surface area contributed by atoms with Crippen molar-refractivity contribution in [3.05, 3.63) is 30.1 Å². The van der Waals surface area contributed by atoms with Gasteiger partial charge in [0.05, 0.1) is 13.0 Å².